The first-order valence-corrected chi connectivity index (χ1v) is 18.5. The van der Waals surface area contributed by atoms with Gasteiger partial charge in [-0.25, -0.2) is 4.79 Å². The fourth-order valence-corrected chi connectivity index (χ4v) is 14.6. The Bertz CT molecular complexity index is 1620. The zero-order valence-electron chi connectivity index (χ0n) is 26.7. The van der Waals surface area contributed by atoms with Gasteiger partial charge in [-0.3, -0.25) is 9.58 Å². The molecule has 7 rings (SSSR count). The molecule has 1 spiro atoms. The third-order valence-electron chi connectivity index (χ3n) is 10.6. The van der Waals surface area contributed by atoms with Crippen LogP contribution in [0.5, 0.6) is 0 Å². The number of aromatic nitrogens is 2. The molecule has 1 aromatic heterocycles. The number of benzene rings is 3. The summed E-state index contributed by atoms with van der Waals surface area (Å²) in [6.07, 6.45) is 5.24. The van der Waals surface area contributed by atoms with E-state index in [0.29, 0.717) is 12.5 Å². The molecule has 3 aliphatic rings. The lowest BCUT2D eigenvalue weighted by Crippen LogP contribution is -2.75. The minimum absolute atomic E-state index is 0.154. The van der Waals surface area contributed by atoms with Crippen molar-refractivity contribution in [1.82, 2.24) is 19.2 Å². The standard InChI is InChI=1S/C37H43ClN4O2Si/c1-36(2,3)45(29-14-7-5-8-15-29,30-16-9-6-10-17-30)42-26-37(44-35(42)43)22-27(23-37)25-41-20-19-28-13-11-12-18-31(28)33(41)21-34-32(38)24-39-40(34)4/h5-18,24,27,33H,19-23,25-26H2,1-4H3. The van der Waals surface area contributed by atoms with E-state index in [9.17, 15) is 4.79 Å². The number of carbonyl (C=O) groups is 1. The summed E-state index contributed by atoms with van der Waals surface area (Å²) in [5.74, 6) is 0.465. The molecular formula is C37H43ClN4O2Si. The number of rotatable bonds is 7. The second kappa shape index (κ2) is 11.4. The lowest BCUT2D eigenvalue weighted by Gasteiger charge is -2.50. The summed E-state index contributed by atoms with van der Waals surface area (Å²) in [6.45, 7) is 9.52. The summed E-state index contributed by atoms with van der Waals surface area (Å²) in [5, 5.41) is 7.47. The van der Waals surface area contributed by atoms with Crippen molar-refractivity contribution in [1.29, 1.82) is 0 Å². The van der Waals surface area contributed by atoms with Crippen LogP contribution in [-0.4, -0.2) is 58.8 Å². The molecule has 1 atom stereocenters. The van der Waals surface area contributed by atoms with Gasteiger partial charge in [0.2, 0.25) is 8.24 Å². The molecule has 8 heteroatoms. The maximum Gasteiger partial charge on any atom is 0.402 e. The van der Waals surface area contributed by atoms with Gasteiger partial charge in [0.15, 0.2) is 0 Å². The zero-order chi connectivity index (χ0) is 31.4. The summed E-state index contributed by atoms with van der Waals surface area (Å²) >= 11 is 6.60. The maximum absolute atomic E-state index is 14.1. The van der Waals surface area contributed by atoms with Crippen LogP contribution in [0.1, 0.15) is 56.5 Å². The topological polar surface area (TPSA) is 50.6 Å². The first-order chi connectivity index (χ1) is 21.6. The molecule has 1 saturated carbocycles. The molecule has 0 radical (unpaired) electrons. The Hall–Kier alpha value is -3.39. The zero-order valence-corrected chi connectivity index (χ0v) is 28.5. The van der Waals surface area contributed by atoms with Crippen LogP contribution in [0.4, 0.5) is 4.79 Å². The lowest BCUT2D eigenvalue weighted by atomic mass is 9.70. The molecule has 0 N–H and O–H groups in total. The second-order valence-electron chi connectivity index (χ2n) is 14.3. The average molecular weight is 639 g/mol. The molecule has 1 amide bonds. The number of nitrogens with zero attached hydrogens (tertiary/aromatic N) is 4. The van der Waals surface area contributed by atoms with Crippen LogP contribution in [0.25, 0.3) is 0 Å². The van der Waals surface area contributed by atoms with E-state index in [1.165, 1.54) is 21.5 Å². The molecule has 2 aliphatic heterocycles. The van der Waals surface area contributed by atoms with Crippen LogP contribution in [-0.2, 0) is 24.6 Å². The van der Waals surface area contributed by atoms with Crippen LogP contribution < -0.4 is 10.4 Å². The summed E-state index contributed by atoms with van der Waals surface area (Å²) in [7, 11) is -0.811. The molecule has 3 heterocycles. The Morgan fingerprint density at radius 3 is 2.18 bits per heavy atom. The normalized spacial score (nSPS) is 23.6. The van der Waals surface area contributed by atoms with E-state index in [4.69, 9.17) is 16.3 Å². The van der Waals surface area contributed by atoms with Gasteiger partial charge in [-0.1, -0.05) is 117 Å². The lowest BCUT2D eigenvalue weighted by molar-refractivity contribution is -0.0600. The summed E-state index contributed by atoms with van der Waals surface area (Å²) in [5.41, 5.74) is 3.45. The molecule has 1 unspecified atom stereocenters. The summed E-state index contributed by atoms with van der Waals surface area (Å²) in [4.78, 5) is 16.7. The van der Waals surface area contributed by atoms with E-state index in [1.807, 2.05) is 11.7 Å². The Balaban J connectivity index is 1.14. The van der Waals surface area contributed by atoms with E-state index in [2.05, 4.69) is 120 Å². The van der Waals surface area contributed by atoms with Gasteiger partial charge in [0.1, 0.15) is 5.60 Å². The number of ether oxygens (including phenoxy) is 1. The van der Waals surface area contributed by atoms with Crippen LogP contribution in [0.3, 0.4) is 0 Å². The minimum atomic E-state index is -2.79. The molecule has 1 aliphatic carbocycles. The molecule has 234 valence electrons. The number of hydrogen-bond donors (Lipinski definition) is 0. The highest BCUT2D eigenvalue weighted by Gasteiger charge is 2.63. The van der Waals surface area contributed by atoms with Gasteiger partial charge in [-0.15, -0.1) is 0 Å². The molecular weight excluding hydrogens is 596 g/mol. The van der Waals surface area contributed by atoms with Gasteiger partial charge < -0.3 is 9.30 Å². The SMILES string of the molecule is Cn1ncc(Cl)c1CC1c2ccccc2CCN1CC1CC2(C1)CN([Si](c1ccccc1)(c1ccccc1)C(C)(C)C)C(=O)O2. The monoisotopic (exact) mass is 638 g/mol. The third-order valence-corrected chi connectivity index (χ3v) is 16.6. The maximum atomic E-state index is 14.1. The smallest absolute Gasteiger partial charge is 0.402 e. The van der Waals surface area contributed by atoms with E-state index in [-0.39, 0.29) is 17.2 Å². The van der Waals surface area contributed by atoms with Crippen molar-refractivity contribution in [2.24, 2.45) is 13.0 Å². The fourth-order valence-electron chi connectivity index (χ4n) is 8.66. The molecule has 0 bridgehead atoms. The molecule has 3 aromatic carbocycles. The van der Waals surface area contributed by atoms with Crippen molar-refractivity contribution >= 4 is 36.3 Å². The van der Waals surface area contributed by atoms with Gasteiger partial charge in [-0.05, 0) is 51.7 Å². The second-order valence-corrected chi connectivity index (χ2v) is 19.4. The van der Waals surface area contributed by atoms with E-state index < -0.39 is 13.8 Å². The Kier molecular flexibility index (Phi) is 7.70. The van der Waals surface area contributed by atoms with Crippen molar-refractivity contribution in [3.05, 3.63) is 113 Å². The summed E-state index contributed by atoms with van der Waals surface area (Å²) in [6, 6.07) is 30.5. The first kappa shape index (κ1) is 30.3. The van der Waals surface area contributed by atoms with Gasteiger partial charge in [0.25, 0.3) is 0 Å². The molecule has 1 saturated heterocycles. The van der Waals surface area contributed by atoms with Crippen LogP contribution in [0.15, 0.2) is 91.1 Å². The minimum Gasteiger partial charge on any atom is -0.441 e. The number of hydrogen-bond acceptors (Lipinski definition) is 4. The fraction of sp³-hybridized carbons (Fsp3) is 0.405. The number of fused-ring (bicyclic) bond motifs is 1. The highest BCUT2D eigenvalue weighted by Crippen LogP contribution is 2.50. The van der Waals surface area contributed by atoms with Crippen LogP contribution >= 0.6 is 11.6 Å². The average Bonchev–Trinajstić information content (AvgIpc) is 3.52. The molecule has 6 nitrogen and oxygen atoms in total. The first-order valence-electron chi connectivity index (χ1n) is 16.2. The Morgan fingerprint density at radius 2 is 1.58 bits per heavy atom. The van der Waals surface area contributed by atoms with Gasteiger partial charge in [0, 0.05) is 32.6 Å². The largest absolute Gasteiger partial charge is 0.441 e. The van der Waals surface area contributed by atoms with Gasteiger partial charge in [0.05, 0.1) is 23.5 Å². The third kappa shape index (κ3) is 5.13. The predicted molar refractivity (Wildman–Crippen MR) is 183 cm³/mol. The van der Waals surface area contributed by atoms with Gasteiger partial charge in [-0.2, -0.15) is 5.10 Å². The number of carbonyl (C=O) groups excluding carboxylic acids is 1. The molecule has 2 fully saturated rings. The quantitative estimate of drug-likeness (QED) is 0.221. The van der Waals surface area contributed by atoms with E-state index in [0.717, 1.165) is 49.5 Å². The van der Waals surface area contributed by atoms with Crippen molar-refractivity contribution in [2.45, 2.75) is 63.1 Å². The van der Waals surface area contributed by atoms with Crippen molar-refractivity contribution in [3.63, 3.8) is 0 Å². The van der Waals surface area contributed by atoms with E-state index in [1.54, 1.807) is 6.20 Å². The molecule has 4 aromatic rings. The highest BCUT2D eigenvalue weighted by molar-refractivity contribution is 7.03. The highest BCUT2D eigenvalue weighted by atomic mass is 35.5. The van der Waals surface area contributed by atoms with Crippen LogP contribution in [0.2, 0.25) is 10.1 Å². The van der Waals surface area contributed by atoms with E-state index >= 15 is 0 Å². The number of aryl methyl sites for hydroxylation is 1. The summed E-state index contributed by atoms with van der Waals surface area (Å²) < 4.78 is 10.5. The molecule has 45 heavy (non-hydrogen) atoms. The Labute approximate surface area is 273 Å². The van der Waals surface area contributed by atoms with Gasteiger partial charge >= 0.3 is 6.09 Å². The van der Waals surface area contributed by atoms with Crippen molar-refractivity contribution < 1.29 is 9.53 Å². The number of amides is 1. The Morgan fingerprint density at radius 1 is 0.956 bits per heavy atom. The van der Waals surface area contributed by atoms with Crippen molar-refractivity contribution in [3.8, 4) is 0 Å². The number of halogens is 1. The predicted octanol–water partition coefficient (Wildman–Crippen LogP) is 6.38. The van der Waals surface area contributed by atoms with Crippen LogP contribution in [0, 0.1) is 5.92 Å². The van der Waals surface area contributed by atoms with Crippen molar-refractivity contribution in [2.75, 3.05) is 19.6 Å².